The van der Waals surface area contributed by atoms with Crippen molar-refractivity contribution in [3.8, 4) is 0 Å². The molecule has 3 heteroatoms. The molecule has 3 nitrogen and oxygen atoms in total. The van der Waals surface area contributed by atoms with E-state index in [1.165, 1.54) is 5.56 Å². The lowest BCUT2D eigenvalue weighted by Gasteiger charge is -2.35. The Bertz CT molecular complexity index is 465. The first-order valence-electron chi connectivity index (χ1n) is 7.78. The molecule has 2 heterocycles. The third kappa shape index (κ3) is 2.54. The van der Waals surface area contributed by atoms with Crippen LogP contribution in [0.4, 0.5) is 5.69 Å². The number of likely N-dealkylation sites (tertiary alicyclic amines) is 1. The minimum Gasteiger partial charge on any atom is -0.373 e. The van der Waals surface area contributed by atoms with Crippen LogP contribution in [-0.2, 0) is 11.2 Å². The van der Waals surface area contributed by atoms with Crippen molar-refractivity contribution >= 4 is 11.6 Å². The van der Waals surface area contributed by atoms with Gasteiger partial charge in [0, 0.05) is 25.2 Å². The van der Waals surface area contributed by atoms with E-state index >= 15 is 0 Å². The normalized spacial score (nSPS) is 22.8. The van der Waals surface area contributed by atoms with Gasteiger partial charge in [-0.2, -0.15) is 0 Å². The number of carbonyl (C=O) groups is 1. The molecule has 1 N–H and O–H groups in total. The van der Waals surface area contributed by atoms with Crippen LogP contribution in [0.25, 0.3) is 0 Å². The van der Waals surface area contributed by atoms with Gasteiger partial charge < -0.3 is 10.2 Å². The highest BCUT2D eigenvalue weighted by Gasteiger charge is 2.32. The van der Waals surface area contributed by atoms with Crippen LogP contribution >= 0.6 is 0 Å². The van der Waals surface area contributed by atoms with Gasteiger partial charge in [-0.25, -0.2) is 0 Å². The van der Waals surface area contributed by atoms with Crippen molar-refractivity contribution in [2.75, 3.05) is 18.4 Å². The van der Waals surface area contributed by atoms with Crippen molar-refractivity contribution in [3.05, 3.63) is 29.8 Å². The van der Waals surface area contributed by atoms with Crippen molar-refractivity contribution in [2.45, 2.75) is 39.2 Å². The Kier molecular flexibility index (Phi) is 3.68. The Morgan fingerprint density at radius 2 is 1.95 bits per heavy atom. The van der Waals surface area contributed by atoms with Crippen molar-refractivity contribution < 1.29 is 4.79 Å². The number of nitrogens with one attached hydrogen (secondary N) is 1. The summed E-state index contributed by atoms with van der Waals surface area (Å²) in [4.78, 5) is 14.7. The first kappa shape index (κ1) is 13.5. The summed E-state index contributed by atoms with van der Waals surface area (Å²) in [6.45, 7) is 6.43. The summed E-state index contributed by atoms with van der Waals surface area (Å²) < 4.78 is 0. The zero-order valence-corrected chi connectivity index (χ0v) is 12.4. The van der Waals surface area contributed by atoms with Gasteiger partial charge in [-0.05, 0) is 36.3 Å². The number of hydrogen-bond acceptors (Lipinski definition) is 2. The Labute approximate surface area is 121 Å². The molecule has 1 saturated heterocycles. The van der Waals surface area contributed by atoms with Gasteiger partial charge in [0.05, 0.1) is 0 Å². The lowest BCUT2D eigenvalue weighted by Crippen LogP contribution is -2.46. The topological polar surface area (TPSA) is 32.3 Å². The predicted octanol–water partition coefficient (Wildman–Crippen LogP) is 2.92. The number of rotatable bonds is 2. The number of piperidine rings is 1. The van der Waals surface area contributed by atoms with E-state index in [0.717, 1.165) is 49.9 Å². The maximum absolute atomic E-state index is 12.6. The fourth-order valence-corrected chi connectivity index (χ4v) is 3.45. The number of para-hydroxylation sites is 1. The SMILES string of the molecule is CC(C)C1CCN(C(=O)[C@@H]2Cc3ccccc3N2)CC1. The Hall–Kier alpha value is -1.51. The van der Waals surface area contributed by atoms with E-state index in [1.807, 2.05) is 12.1 Å². The van der Waals surface area contributed by atoms with Gasteiger partial charge in [-0.15, -0.1) is 0 Å². The molecule has 1 aromatic carbocycles. The highest BCUT2D eigenvalue weighted by Crippen LogP contribution is 2.28. The molecular weight excluding hydrogens is 248 g/mol. The van der Waals surface area contributed by atoms with E-state index < -0.39 is 0 Å². The van der Waals surface area contributed by atoms with Crippen LogP contribution in [0.15, 0.2) is 24.3 Å². The molecule has 2 aliphatic heterocycles. The summed E-state index contributed by atoms with van der Waals surface area (Å²) >= 11 is 0. The fraction of sp³-hybridized carbons (Fsp3) is 0.588. The summed E-state index contributed by atoms with van der Waals surface area (Å²) in [5.41, 5.74) is 2.39. The first-order chi connectivity index (χ1) is 9.65. The molecule has 2 aliphatic rings. The Morgan fingerprint density at radius 3 is 2.60 bits per heavy atom. The number of amides is 1. The maximum Gasteiger partial charge on any atom is 0.245 e. The molecule has 1 aromatic rings. The smallest absolute Gasteiger partial charge is 0.245 e. The molecule has 0 spiro atoms. The van der Waals surface area contributed by atoms with Gasteiger partial charge >= 0.3 is 0 Å². The second-order valence-electron chi connectivity index (χ2n) is 6.46. The lowest BCUT2D eigenvalue weighted by molar-refractivity contribution is -0.133. The molecule has 1 fully saturated rings. The standard InChI is InChI=1S/C17H24N2O/c1-12(2)13-7-9-19(10-8-13)17(20)16-11-14-5-3-4-6-15(14)18-16/h3-6,12-13,16,18H,7-11H2,1-2H3/t16-/m0/s1. The van der Waals surface area contributed by atoms with Crippen LogP contribution in [0.5, 0.6) is 0 Å². The molecular formula is C17H24N2O. The largest absolute Gasteiger partial charge is 0.373 e. The predicted molar refractivity (Wildman–Crippen MR) is 81.7 cm³/mol. The van der Waals surface area contributed by atoms with Crippen molar-refractivity contribution in [2.24, 2.45) is 11.8 Å². The second kappa shape index (κ2) is 5.47. The Balaban J connectivity index is 1.59. The third-order valence-electron chi connectivity index (χ3n) is 4.86. The minimum atomic E-state index is -0.0528. The number of hydrogen-bond donors (Lipinski definition) is 1. The summed E-state index contributed by atoms with van der Waals surface area (Å²) in [5, 5.41) is 3.37. The fourth-order valence-electron chi connectivity index (χ4n) is 3.45. The van der Waals surface area contributed by atoms with Gasteiger partial charge in [-0.1, -0.05) is 32.0 Å². The lowest BCUT2D eigenvalue weighted by atomic mass is 9.86. The summed E-state index contributed by atoms with van der Waals surface area (Å²) in [6, 6.07) is 8.19. The van der Waals surface area contributed by atoms with Gasteiger partial charge in [-0.3, -0.25) is 4.79 Å². The van der Waals surface area contributed by atoms with E-state index in [-0.39, 0.29) is 11.9 Å². The molecule has 0 unspecified atom stereocenters. The van der Waals surface area contributed by atoms with Gasteiger partial charge in [0.2, 0.25) is 5.91 Å². The van der Waals surface area contributed by atoms with Crippen LogP contribution in [0.3, 0.4) is 0 Å². The van der Waals surface area contributed by atoms with Crippen LogP contribution < -0.4 is 5.32 Å². The summed E-state index contributed by atoms with van der Waals surface area (Å²) in [6.07, 6.45) is 3.14. The number of carbonyl (C=O) groups excluding carboxylic acids is 1. The Morgan fingerprint density at radius 1 is 1.25 bits per heavy atom. The number of fused-ring (bicyclic) bond motifs is 1. The quantitative estimate of drug-likeness (QED) is 0.898. The van der Waals surface area contributed by atoms with E-state index in [1.54, 1.807) is 0 Å². The monoisotopic (exact) mass is 272 g/mol. The number of benzene rings is 1. The summed E-state index contributed by atoms with van der Waals surface area (Å²) in [7, 11) is 0. The molecule has 0 aromatic heterocycles. The number of anilines is 1. The molecule has 3 rings (SSSR count). The van der Waals surface area contributed by atoms with Crippen LogP contribution in [-0.4, -0.2) is 29.9 Å². The van der Waals surface area contributed by atoms with E-state index in [2.05, 4.69) is 36.2 Å². The van der Waals surface area contributed by atoms with Gasteiger partial charge in [0.1, 0.15) is 6.04 Å². The molecule has 0 radical (unpaired) electrons. The van der Waals surface area contributed by atoms with Crippen LogP contribution in [0.2, 0.25) is 0 Å². The average Bonchev–Trinajstić information content (AvgIpc) is 2.90. The van der Waals surface area contributed by atoms with E-state index in [4.69, 9.17) is 0 Å². The molecule has 0 saturated carbocycles. The van der Waals surface area contributed by atoms with Crippen LogP contribution in [0, 0.1) is 11.8 Å². The number of nitrogens with zero attached hydrogens (tertiary/aromatic N) is 1. The first-order valence-corrected chi connectivity index (χ1v) is 7.78. The van der Waals surface area contributed by atoms with E-state index in [0.29, 0.717) is 0 Å². The van der Waals surface area contributed by atoms with Gasteiger partial charge in [0.15, 0.2) is 0 Å². The van der Waals surface area contributed by atoms with Crippen molar-refractivity contribution in [3.63, 3.8) is 0 Å². The molecule has 0 bridgehead atoms. The molecule has 20 heavy (non-hydrogen) atoms. The van der Waals surface area contributed by atoms with E-state index in [9.17, 15) is 4.79 Å². The molecule has 1 atom stereocenters. The summed E-state index contributed by atoms with van der Waals surface area (Å²) in [5.74, 6) is 1.80. The average molecular weight is 272 g/mol. The van der Waals surface area contributed by atoms with Crippen molar-refractivity contribution in [1.29, 1.82) is 0 Å². The molecule has 0 aliphatic carbocycles. The third-order valence-corrected chi connectivity index (χ3v) is 4.86. The molecule has 108 valence electrons. The zero-order valence-electron chi connectivity index (χ0n) is 12.4. The second-order valence-corrected chi connectivity index (χ2v) is 6.46. The maximum atomic E-state index is 12.6. The highest BCUT2D eigenvalue weighted by molar-refractivity contribution is 5.87. The minimum absolute atomic E-state index is 0.0528. The zero-order chi connectivity index (χ0) is 14.1. The van der Waals surface area contributed by atoms with Gasteiger partial charge in [0.25, 0.3) is 0 Å². The molecule has 1 amide bonds. The highest BCUT2D eigenvalue weighted by atomic mass is 16.2. The van der Waals surface area contributed by atoms with Crippen LogP contribution in [0.1, 0.15) is 32.3 Å². The van der Waals surface area contributed by atoms with Crippen molar-refractivity contribution in [1.82, 2.24) is 4.90 Å².